The van der Waals surface area contributed by atoms with E-state index >= 15 is 0 Å². The third-order valence-electron chi connectivity index (χ3n) is 20.8. The average molecular weight is 1660 g/mol. The first kappa shape index (κ1) is 93.1. The molecular formula is C63H105N3O47. The molecule has 46 atom stereocenters. The number of aliphatic carboxylic acids is 1. The van der Waals surface area contributed by atoms with Crippen molar-refractivity contribution >= 4 is 23.7 Å². The lowest BCUT2D eigenvalue weighted by Gasteiger charge is -2.52. The molecule has 1 unspecified atom stereocenters. The summed E-state index contributed by atoms with van der Waals surface area (Å²) in [5, 5.41) is 294. The minimum Gasteiger partial charge on any atom is -0.477 e. The Hall–Kier alpha value is -3.80. The summed E-state index contributed by atoms with van der Waals surface area (Å²) in [6.45, 7) is -2.85. The molecule has 9 rings (SSSR count). The van der Waals surface area contributed by atoms with Crippen LogP contribution in [0.4, 0.5) is 0 Å². The lowest BCUT2D eigenvalue weighted by Crippen LogP contribution is -2.71. The maximum absolute atomic E-state index is 13.6. The molecule has 0 aromatic heterocycles. The predicted octanol–water partition coefficient (Wildman–Crippen LogP) is -18.9. The van der Waals surface area contributed by atoms with Gasteiger partial charge in [0.05, 0.1) is 70.6 Å². The van der Waals surface area contributed by atoms with Crippen molar-refractivity contribution < 1.29 is 232 Å². The Kier molecular flexibility index (Phi) is 32.6. The molecule has 9 fully saturated rings. The van der Waals surface area contributed by atoms with Crippen molar-refractivity contribution in [3.8, 4) is 0 Å². The van der Waals surface area contributed by atoms with E-state index in [2.05, 4.69) is 16.0 Å². The number of hydrogen-bond donors (Lipinski definition) is 29. The quantitative estimate of drug-likeness (QED) is 0.0331. The van der Waals surface area contributed by atoms with Gasteiger partial charge in [0.15, 0.2) is 50.3 Å². The topological polar surface area (TPSA) is 787 Å². The number of carboxylic acids is 1. The molecule has 3 amide bonds. The van der Waals surface area contributed by atoms with E-state index in [-0.39, 0.29) is 0 Å². The molecule has 0 aromatic carbocycles. The van der Waals surface area contributed by atoms with E-state index in [1.165, 1.54) is 13.8 Å². The molecule has 9 heterocycles. The Bertz CT molecular complexity index is 3040. The SMILES string of the molecule is CC(=O)N[C@H]1[C@H](OC[C@H]2O[C@@H](O[C@H]3[C@H](O)[C@@H](O)C(O)O[C@@H]3CO)[C@H](O)[C@@H](O[C@@H]3O[C@H](CO)[C@@H](O[C@@H]4O[C@@H](C)[C@@H](O)[C@@H](O)[C@@H]4O)[C@H](O[C@@H]4O[C@H](CO)[C@H](O)[C@H](O)[C@H]4O[C@@H]4O[C@@H](C)[C@@H](O)[C@@H](O)[C@@H]4O)[C@H]3NC(C)=O)[C@H]2O)O[C@H](CO)[C@@H](O[C@@H]2O[C@H](CO[C@]3(C(=O)O)C[C@H](O)[C@@H](NC(C)=O)[C@H]([C@H](O)[C@H](O)CO)O3)[C@H](O)[C@H](O)[C@H]2O)[C@@H]1O. The first-order valence-corrected chi connectivity index (χ1v) is 36.0. The second kappa shape index (κ2) is 39.6. The summed E-state index contributed by atoms with van der Waals surface area (Å²) in [7, 11) is 0. The summed E-state index contributed by atoms with van der Waals surface area (Å²) in [6.07, 6.45) is -88.9. The van der Waals surface area contributed by atoms with Crippen LogP contribution in [-0.4, -0.2) is 484 Å². The number of nitrogens with one attached hydrogen (secondary N) is 3. The molecular weight excluding hydrogens is 1550 g/mol. The van der Waals surface area contributed by atoms with Crippen molar-refractivity contribution in [3.05, 3.63) is 0 Å². The highest BCUT2D eigenvalue weighted by atomic mass is 16.8. The van der Waals surface area contributed by atoms with Gasteiger partial charge in [-0.05, 0) is 13.8 Å². The summed E-state index contributed by atoms with van der Waals surface area (Å²) < 4.78 is 101. The second-order valence-electron chi connectivity index (χ2n) is 28.9. The van der Waals surface area contributed by atoms with Gasteiger partial charge in [0, 0.05) is 27.2 Å². The highest BCUT2D eigenvalue weighted by Gasteiger charge is 2.62. The van der Waals surface area contributed by atoms with E-state index in [1.54, 1.807) is 0 Å². The molecule has 0 saturated carbocycles. The van der Waals surface area contributed by atoms with Crippen LogP contribution in [0.1, 0.15) is 41.0 Å². The Labute approximate surface area is 639 Å². The van der Waals surface area contributed by atoms with Crippen LogP contribution < -0.4 is 16.0 Å². The summed E-state index contributed by atoms with van der Waals surface area (Å²) in [5.74, 6) is -7.93. The Morgan fingerprint density at radius 3 is 1.32 bits per heavy atom. The van der Waals surface area contributed by atoms with Crippen molar-refractivity contribution in [2.45, 2.75) is 323 Å². The number of aliphatic hydroxyl groups is 25. The maximum atomic E-state index is 13.6. The Morgan fingerprint density at radius 2 is 0.788 bits per heavy atom. The van der Waals surface area contributed by atoms with Gasteiger partial charge in [-0.2, -0.15) is 0 Å². The summed E-state index contributed by atoms with van der Waals surface area (Å²) in [4.78, 5) is 51.7. The highest BCUT2D eigenvalue weighted by molar-refractivity contribution is 5.77. The summed E-state index contributed by atoms with van der Waals surface area (Å²) >= 11 is 0. The molecule has 50 heteroatoms. The van der Waals surface area contributed by atoms with Gasteiger partial charge >= 0.3 is 5.97 Å². The predicted molar refractivity (Wildman–Crippen MR) is 346 cm³/mol. The zero-order valence-electron chi connectivity index (χ0n) is 60.8. The van der Waals surface area contributed by atoms with E-state index in [1.807, 2.05) is 0 Å². The highest BCUT2D eigenvalue weighted by Crippen LogP contribution is 2.41. The molecule has 9 aliphatic heterocycles. The number of carboxylic acid groups (broad SMARTS) is 1. The Morgan fingerprint density at radius 1 is 0.381 bits per heavy atom. The van der Waals surface area contributed by atoms with Gasteiger partial charge in [-0.3, -0.25) is 14.4 Å². The molecule has 654 valence electrons. The number of rotatable bonds is 29. The molecule has 0 bridgehead atoms. The number of ether oxygens (including phenoxy) is 17. The van der Waals surface area contributed by atoms with Crippen LogP contribution in [0.5, 0.6) is 0 Å². The minimum absolute atomic E-state index is 0.829. The van der Waals surface area contributed by atoms with Crippen LogP contribution in [0.15, 0.2) is 0 Å². The van der Waals surface area contributed by atoms with Gasteiger partial charge in [-0.1, -0.05) is 0 Å². The number of amides is 3. The smallest absolute Gasteiger partial charge is 0.364 e. The Balaban J connectivity index is 1.02. The third-order valence-corrected chi connectivity index (χ3v) is 20.8. The third kappa shape index (κ3) is 20.3. The lowest BCUT2D eigenvalue weighted by molar-refractivity contribution is -0.401. The van der Waals surface area contributed by atoms with E-state index < -0.39 is 358 Å². The van der Waals surface area contributed by atoms with E-state index in [9.17, 15) is 152 Å². The molecule has 0 aromatic rings. The van der Waals surface area contributed by atoms with Crippen LogP contribution in [0.3, 0.4) is 0 Å². The monoisotopic (exact) mass is 1660 g/mol. The van der Waals surface area contributed by atoms with Gasteiger partial charge in [0.1, 0.15) is 201 Å². The first-order valence-electron chi connectivity index (χ1n) is 36.0. The minimum atomic E-state index is -3.06. The van der Waals surface area contributed by atoms with Gasteiger partial charge in [-0.15, -0.1) is 0 Å². The number of carbonyl (C=O) groups excluding carboxylic acids is 3. The molecule has 0 radical (unpaired) electrons. The van der Waals surface area contributed by atoms with Gasteiger partial charge in [-0.25, -0.2) is 4.79 Å². The fourth-order valence-electron chi connectivity index (χ4n) is 14.5. The zero-order chi connectivity index (χ0) is 83.6. The number of carbonyl (C=O) groups is 4. The van der Waals surface area contributed by atoms with Gasteiger partial charge in [0.25, 0.3) is 5.79 Å². The summed E-state index contributed by atoms with van der Waals surface area (Å²) in [5.41, 5.74) is 0. The lowest BCUT2D eigenvalue weighted by atomic mass is 9.88. The van der Waals surface area contributed by atoms with Crippen LogP contribution in [0.2, 0.25) is 0 Å². The molecule has 29 N–H and O–H groups in total. The largest absolute Gasteiger partial charge is 0.477 e. The van der Waals surface area contributed by atoms with Crippen LogP contribution in [0, 0.1) is 0 Å². The van der Waals surface area contributed by atoms with Crippen LogP contribution in [0.25, 0.3) is 0 Å². The van der Waals surface area contributed by atoms with Crippen molar-refractivity contribution in [1.82, 2.24) is 16.0 Å². The molecule has 113 heavy (non-hydrogen) atoms. The van der Waals surface area contributed by atoms with Crippen molar-refractivity contribution in [3.63, 3.8) is 0 Å². The maximum Gasteiger partial charge on any atom is 0.364 e. The molecule has 0 spiro atoms. The van der Waals surface area contributed by atoms with E-state index in [4.69, 9.17) is 80.5 Å². The van der Waals surface area contributed by atoms with E-state index in [0.29, 0.717) is 0 Å². The summed E-state index contributed by atoms with van der Waals surface area (Å²) in [6, 6.07) is -5.70. The number of hydrogen-bond acceptors (Lipinski definition) is 46. The zero-order valence-corrected chi connectivity index (χ0v) is 60.8. The fraction of sp³-hybridized carbons (Fsp3) is 0.937. The number of aliphatic hydroxyl groups excluding tert-OH is 25. The second-order valence-corrected chi connectivity index (χ2v) is 28.9. The molecule has 0 aliphatic carbocycles. The van der Waals surface area contributed by atoms with Gasteiger partial charge in [0.2, 0.25) is 17.7 Å². The van der Waals surface area contributed by atoms with Gasteiger partial charge < -0.3 is 229 Å². The molecule has 9 saturated heterocycles. The van der Waals surface area contributed by atoms with Crippen LogP contribution >= 0.6 is 0 Å². The first-order chi connectivity index (χ1) is 53.2. The van der Waals surface area contributed by atoms with Crippen molar-refractivity contribution in [2.75, 3.05) is 46.2 Å². The fourth-order valence-corrected chi connectivity index (χ4v) is 14.5. The normalized spacial score (nSPS) is 49.2. The van der Waals surface area contributed by atoms with Crippen molar-refractivity contribution in [2.24, 2.45) is 0 Å². The molecule has 9 aliphatic rings. The average Bonchev–Trinajstić information content (AvgIpc) is 0.924. The standard InChI is InChI=1S/C63H105N3O47/c1-14-30(77)37(84)43(90)57(99-14)109-49-24(11-71)104-56(29(66-18(5)74)51(49)110-61-53(40(87)33(80)21(8-68)102-61)112-58-44(91)38(85)31(78)15(2)100-58)111-52-35(82)25(105-60(46(52)93)108-48-22(9-69)101-54(94)42(89)41(48)88)12-97-55-28(65-17(4)73)36(83)47(23(10-70)103-55)107-59-45(92)39(86)34(81)26(106-59)13-98-63(62(95)96)6-19(75)27(64-16(3)72)50(113-63)32(79)20(76)7-67/h14-15,19-61,67-71,75-94H,6-13H2,1-5H3,(H,64,72)(H,65,73)(H,66,74)(H,95,96)/t14-,15-,19-,20+,21+,22+,23+,24+,25+,26+,27+,28+,29+,30+,31+,32+,33-,34-,35-,36+,37+,38+,39-,40-,41+,42+,43-,44-,45+,46+,47+,48+,49+,50+,51+,52-,53+,54?,55+,56-,57-,58-,59-,60-,61-,63+/m0/s1. The van der Waals surface area contributed by atoms with Crippen molar-refractivity contribution in [1.29, 1.82) is 0 Å². The molecule has 50 nitrogen and oxygen atoms in total. The van der Waals surface area contributed by atoms with E-state index in [0.717, 1.165) is 20.8 Å². The van der Waals surface area contributed by atoms with Crippen LogP contribution in [-0.2, 0) is 99.7 Å².